The van der Waals surface area contributed by atoms with Crippen molar-refractivity contribution in [3.63, 3.8) is 0 Å². The molecular formula is C18H28N2O3. The lowest BCUT2D eigenvalue weighted by Crippen LogP contribution is -2.25. The normalized spacial score (nSPS) is 15.4. The van der Waals surface area contributed by atoms with Crippen molar-refractivity contribution in [2.75, 3.05) is 13.7 Å². The van der Waals surface area contributed by atoms with Crippen LogP contribution in [0.15, 0.2) is 6.07 Å². The first-order valence-corrected chi connectivity index (χ1v) is 8.58. The summed E-state index contributed by atoms with van der Waals surface area (Å²) >= 11 is 0. The molecule has 1 amide bonds. The summed E-state index contributed by atoms with van der Waals surface area (Å²) in [7, 11) is 1.38. The second-order valence-corrected chi connectivity index (χ2v) is 6.38. The van der Waals surface area contributed by atoms with Gasteiger partial charge in [-0.2, -0.15) is 0 Å². The van der Waals surface area contributed by atoms with Crippen LogP contribution in [0.4, 0.5) is 0 Å². The Balaban J connectivity index is 1.96. The lowest BCUT2D eigenvalue weighted by Gasteiger charge is -2.26. The van der Waals surface area contributed by atoms with Gasteiger partial charge in [-0.3, -0.25) is 9.59 Å². The summed E-state index contributed by atoms with van der Waals surface area (Å²) in [6, 6.07) is 2.52. The molecule has 2 rings (SSSR count). The van der Waals surface area contributed by atoms with E-state index in [0.29, 0.717) is 25.4 Å². The zero-order valence-electron chi connectivity index (χ0n) is 14.5. The van der Waals surface area contributed by atoms with Crippen LogP contribution < -0.4 is 5.32 Å². The highest BCUT2D eigenvalue weighted by Crippen LogP contribution is 2.32. The average Bonchev–Trinajstić information content (AvgIpc) is 2.86. The average molecular weight is 320 g/mol. The molecule has 23 heavy (non-hydrogen) atoms. The summed E-state index contributed by atoms with van der Waals surface area (Å²) in [4.78, 5) is 23.5. The first kappa shape index (κ1) is 17.6. The van der Waals surface area contributed by atoms with E-state index in [1.165, 1.54) is 39.2 Å². The van der Waals surface area contributed by atoms with E-state index in [1.54, 1.807) is 0 Å². The minimum atomic E-state index is -0.241. The number of amides is 1. The summed E-state index contributed by atoms with van der Waals surface area (Å²) in [5.74, 6) is -0.292. The molecule has 0 unspecified atom stereocenters. The monoisotopic (exact) mass is 320 g/mol. The number of aromatic nitrogens is 1. The van der Waals surface area contributed by atoms with Crippen LogP contribution in [-0.2, 0) is 9.53 Å². The third-order valence-electron chi connectivity index (χ3n) is 4.74. The Kier molecular flexibility index (Phi) is 6.25. The molecule has 0 bridgehead atoms. The van der Waals surface area contributed by atoms with Crippen molar-refractivity contribution in [2.45, 2.75) is 64.8 Å². The van der Waals surface area contributed by atoms with Crippen LogP contribution in [0.5, 0.6) is 0 Å². The zero-order chi connectivity index (χ0) is 16.8. The minimum absolute atomic E-state index is 0.0509. The Labute approximate surface area is 138 Å². The Morgan fingerprint density at radius 2 is 1.96 bits per heavy atom. The number of nitrogens with one attached hydrogen (secondary N) is 1. The maximum absolute atomic E-state index is 12.4. The lowest BCUT2D eigenvalue weighted by molar-refractivity contribution is -0.140. The zero-order valence-corrected chi connectivity index (χ0v) is 14.5. The van der Waals surface area contributed by atoms with E-state index in [9.17, 15) is 9.59 Å². The molecule has 0 atom stereocenters. The van der Waals surface area contributed by atoms with E-state index in [0.717, 1.165) is 17.0 Å². The first-order valence-electron chi connectivity index (χ1n) is 8.58. The van der Waals surface area contributed by atoms with Crippen molar-refractivity contribution < 1.29 is 14.3 Å². The van der Waals surface area contributed by atoms with Gasteiger partial charge in [-0.15, -0.1) is 0 Å². The van der Waals surface area contributed by atoms with Crippen molar-refractivity contribution in [3.05, 3.63) is 23.0 Å². The molecule has 1 heterocycles. The molecule has 1 saturated carbocycles. The fraction of sp³-hybridized carbons (Fsp3) is 0.667. The summed E-state index contributed by atoms with van der Waals surface area (Å²) in [5.41, 5.74) is 2.97. The summed E-state index contributed by atoms with van der Waals surface area (Å²) < 4.78 is 6.93. The number of rotatable bonds is 6. The Morgan fingerprint density at radius 1 is 1.26 bits per heavy atom. The van der Waals surface area contributed by atoms with Crippen LogP contribution in [0.1, 0.15) is 72.7 Å². The molecule has 5 heteroatoms. The van der Waals surface area contributed by atoms with Crippen LogP contribution in [-0.4, -0.2) is 30.1 Å². The SMILES string of the molecule is COC(=O)CCCNC(=O)c1cc(C)n(C2CCCCC2)c1C. The van der Waals surface area contributed by atoms with Crippen molar-refractivity contribution >= 4 is 11.9 Å². The van der Waals surface area contributed by atoms with Crippen LogP contribution in [0.3, 0.4) is 0 Å². The highest BCUT2D eigenvalue weighted by atomic mass is 16.5. The predicted molar refractivity (Wildman–Crippen MR) is 89.6 cm³/mol. The van der Waals surface area contributed by atoms with E-state index in [-0.39, 0.29) is 11.9 Å². The third-order valence-corrected chi connectivity index (χ3v) is 4.74. The standard InChI is InChI=1S/C18H28N2O3/c1-13-12-16(18(22)19-11-7-10-17(21)23-3)14(2)20(13)15-8-5-4-6-9-15/h12,15H,4-11H2,1-3H3,(H,19,22). The van der Waals surface area contributed by atoms with Gasteiger partial charge in [0.15, 0.2) is 0 Å². The van der Waals surface area contributed by atoms with E-state index >= 15 is 0 Å². The van der Waals surface area contributed by atoms with Gasteiger partial charge < -0.3 is 14.6 Å². The largest absolute Gasteiger partial charge is 0.469 e. The molecule has 0 radical (unpaired) electrons. The maximum Gasteiger partial charge on any atom is 0.305 e. The van der Waals surface area contributed by atoms with Gasteiger partial charge >= 0.3 is 5.97 Å². The van der Waals surface area contributed by atoms with Crippen LogP contribution in [0, 0.1) is 13.8 Å². The number of carbonyl (C=O) groups is 2. The fourth-order valence-corrected chi connectivity index (χ4v) is 3.54. The van der Waals surface area contributed by atoms with Gasteiger partial charge in [0.25, 0.3) is 5.91 Å². The van der Waals surface area contributed by atoms with Gasteiger partial charge in [0.1, 0.15) is 0 Å². The highest BCUT2D eigenvalue weighted by molar-refractivity contribution is 5.95. The molecule has 1 aromatic rings. The van der Waals surface area contributed by atoms with Gasteiger partial charge in [-0.25, -0.2) is 0 Å². The Hall–Kier alpha value is -1.78. The molecular weight excluding hydrogens is 292 g/mol. The van der Waals surface area contributed by atoms with E-state index < -0.39 is 0 Å². The molecule has 1 aliphatic carbocycles. The van der Waals surface area contributed by atoms with Crippen molar-refractivity contribution in [2.24, 2.45) is 0 Å². The smallest absolute Gasteiger partial charge is 0.305 e. The molecule has 0 aliphatic heterocycles. The molecule has 1 aliphatic rings. The van der Waals surface area contributed by atoms with Crippen LogP contribution in [0.25, 0.3) is 0 Å². The van der Waals surface area contributed by atoms with E-state index in [2.05, 4.69) is 21.5 Å². The van der Waals surface area contributed by atoms with Gasteiger partial charge in [0.2, 0.25) is 0 Å². The predicted octanol–water partition coefficient (Wildman–Crippen LogP) is 3.29. The Bertz CT molecular complexity index is 557. The quantitative estimate of drug-likeness (QED) is 0.646. The lowest BCUT2D eigenvalue weighted by atomic mass is 9.95. The number of aryl methyl sites for hydroxylation is 1. The summed E-state index contributed by atoms with van der Waals surface area (Å²) in [6.07, 6.45) is 7.21. The minimum Gasteiger partial charge on any atom is -0.469 e. The number of ether oxygens (including phenoxy) is 1. The van der Waals surface area contributed by atoms with E-state index in [1.807, 2.05) is 13.0 Å². The fourth-order valence-electron chi connectivity index (χ4n) is 3.54. The third kappa shape index (κ3) is 4.36. The number of hydrogen-bond donors (Lipinski definition) is 1. The van der Waals surface area contributed by atoms with Gasteiger partial charge in [0, 0.05) is 30.4 Å². The van der Waals surface area contributed by atoms with Crippen molar-refractivity contribution in [1.29, 1.82) is 0 Å². The molecule has 5 nitrogen and oxygen atoms in total. The van der Waals surface area contributed by atoms with E-state index in [4.69, 9.17) is 0 Å². The molecule has 1 N–H and O–H groups in total. The molecule has 128 valence electrons. The number of esters is 1. The summed E-state index contributed by atoms with van der Waals surface area (Å²) in [5, 5.41) is 2.90. The topological polar surface area (TPSA) is 60.3 Å². The van der Waals surface area contributed by atoms with Crippen LogP contribution >= 0.6 is 0 Å². The molecule has 1 fully saturated rings. The Morgan fingerprint density at radius 3 is 2.61 bits per heavy atom. The second-order valence-electron chi connectivity index (χ2n) is 6.38. The number of nitrogens with zero attached hydrogens (tertiary/aromatic N) is 1. The number of hydrogen-bond acceptors (Lipinski definition) is 3. The highest BCUT2D eigenvalue weighted by Gasteiger charge is 2.22. The van der Waals surface area contributed by atoms with Gasteiger partial charge in [0.05, 0.1) is 12.7 Å². The first-order chi connectivity index (χ1) is 11.0. The van der Waals surface area contributed by atoms with Gasteiger partial charge in [-0.1, -0.05) is 19.3 Å². The molecule has 0 saturated heterocycles. The summed E-state index contributed by atoms with van der Waals surface area (Å²) in [6.45, 7) is 4.60. The molecule has 0 spiro atoms. The van der Waals surface area contributed by atoms with Crippen molar-refractivity contribution in [1.82, 2.24) is 9.88 Å². The maximum atomic E-state index is 12.4. The molecule has 0 aromatic carbocycles. The number of methoxy groups -OCH3 is 1. The second kappa shape index (κ2) is 8.18. The van der Waals surface area contributed by atoms with Gasteiger partial charge in [-0.05, 0) is 39.2 Å². The number of carbonyl (C=O) groups excluding carboxylic acids is 2. The van der Waals surface area contributed by atoms with Crippen molar-refractivity contribution in [3.8, 4) is 0 Å². The molecule has 1 aromatic heterocycles. The van der Waals surface area contributed by atoms with Crippen LogP contribution in [0.2, 0.25) is 0 Å².